The van der Waals surface area contributed by atoms with Gasteiger partial charge in [-0.2, -0.15) is 22.8 Å². The van der Waals surface area contributed by atoms with E-state index >= 15 is 0 Å². The van der Waals surface area contributed by atoms with Gasteiger partial charge in [0.15, 0.2) is 0 Å². The molecule has 2 aromatic carbocycles. The minimum atomic E-state index is 0. The van der Waals surface area contributed by atoms with Gasteiger partial charge < -0.3 is 36.1 Å². The second kappa shape index (κ2) is 7.47. The molecule has 15 heavy (non-hydrogen) atoms. The zero-order valence-corrected chi connectivity index (χ0v) is 10.3. The van der Waals surface area contributed by atoms with E-state index in [9.17, 15) is 0 Å². The molecule has 0 fully saturated rings. The van der Waals surface area contributed by atoms with Crippen LogP contribution in [-0.4, -0.2) is 0 Å². The maximum Gasteiger partial charge on any atom is 0 e. The van der Waals surface area contributed by atoms with Crippen molar-refractivity contribution in [1.82, 2.24) is 0 Å². The summed E-state index contributed by atoms with van der Waals surface area (Å²) in [7, 11) is 0. The van der Waals surface area contributed by atoms with Crippen molar-refractivity contribution in [3.63, 3.8) is 0 Å². The molecule has 0 spiro atoms. The molecule has 0 radical (unpaired) electrons. The van der Waals surface area contributed by atoms with E-state index in [0.29, 0.717) is 6.54 Å². The molecule has 0 amide bonds. The minimum absolute atomic E-state index is 0. The van der Waals surface area contributed by atoms with Crippen LogP contribution in [0.2, 0.25) is 0 Å². The van der Waals surface area contributed by atoms with Crippen molar-refractivity contribution < 1.29 is 17.1 Å². The largest absolute Gasteiger partial charge is 0.748 e. The second-order valence-electron chi connectivity index (χ2n) is 3.33. The first-order valence-electron chi connectivity index (χ1n) is 4.84. The van der Waals surface area contributed by atoms with Crippen LogP contribution in [0.4, 0.5) is 0 Å². The van der Waals surface area contributed by atoms with E-state index in [2.05, 4.69) is 26.0 Å². The van der Waals surface area contributed by atoms with E-state index in [1.54, 1.807) is 0 Å². The van der Waals surface area contributed by atoms with Gasteiger partial charge in [-0.1, -0.05) is 13.8 Å². The quantitative estimate of drug-likeness (QED) is 0.604. The van der Waals surface area contributed by atoms with Crippen LogP contribution >= 0.6 is 0 Å². The summed E-state index contributed by atoms with van der Waals surface area (Å²) in [4.78, 5) is 0. The van der Waals surface area contributed by atoms with Gasteiger partial charge in [0.1, 0.15) is 0 Å². The van der Waals surface area contributed by atoms with Crippen LogP contribution in [0.15, 0.2) is 42.5 Å². The molecular formula is C13H17FeN-6. The van der Waals surface area contributed by atoms with Crippen molar-refractivity contribution in [3.05, 3.63) is 59.2 Å². The van der Waals surface area contributed by atoms with Crippen LogP contribution in [0.3, 0.4) is 0 Å². The molecule has 2 heteroatoms. The fourth-order valence-corrected chi connectivity index (χ4v) is 1.27. The van der Waals surface area contributed by atoms with Gasteiger partial charge >= 0.3 is 0 Å². The molecule has 2 N–H and O–H groups in total. The van der Waals surface area contributed by atoms with Crippen LogP contribution in [0.1, 0.15) is 16.7 Å². The third-order valence-electron chi connectivity index (χ3n) is 2.38. The van der Waals surface area contributed by atoms with Gasteiger partial charge in [0.05, 0.1) is 0 Å². The molecule has 1 nitrogen and oxygen atoms in total. The first-order chi connectivity index (χ1) is 6.75. The normalized spacial score (nSPS) is 8.73. The summed E-state index contributed by atoms with van der Waals surface area (Å²) in [6, 6.07) is 14.2. The molecule has 0 atom stereocenters. The molecule has 0 aromatic heterocycles. The van der Waals surface area contributed by atoms with Crippen molar-refractivity contribution >= 4 is 0 Å². The molecule has 0 aliphatic rings. The zero-order chi connectivity index (χ0) is 10.4. The van der Waals surface area contributed by atoms with Gasteiger partial charge in [-0.05, 0) is 6.54 Å². The van der Waals surface area contributed by atoms with Gasteiger partial charge in [-0.3, -0.25) is 0 Å². The Morgan fingerprint density at radius 1 is 1.20 bits per heavy atom. The Labute approximate surface area is 103 Å². The number of aryl methyl sites for hydroxylation is 1. The average molecular weight is 243 g/mol. The summed E-state index contributed by atoms with van der Waals surface area (Å²) in [5.41, 5.74) is 9.42. The third-order valence-corrected chi connectivity index (χ3v) is 2.38. The molecule has 0 saturated carbocycles. The predicted molar refractivity (Wildman–Crippen MR) is 61.4 cm³/mol. The van der Waals surface area contributed by atoms with Crippen LogP contribution in [0.5, 0.6) is 0 Å². The Hall–Kier alpha value is -0.821. The fourth-order valence-electron chi connectivity index (χ4n) is 1.27. The Kier molecular flexibility index (Phi) is 7.06. The van der Waals surface area contributed by atoms with Crippen molar-refractivity contribution in [2.75, 3.05) is 0 Å². The van der Waals surface area contributed by atoms with Gasteiger partial charge in [-0.25, -0.2) is 6.07 Å². The topological polar surface area (TPSA) is 26.0 Å². The number of rotatable bonds is 1. The molecule has 88 valence electrons. The van der Waals surface area contributed by atoms with Gasteiger partial charge in [0.2, 0.25) is 0 Å². The first-order valence-corrected chi connectivity index (χ1v) is 4.84. The van der Waals surface area contributed by atoms with Crippen molar-refractivity contribution in [3.8, 4) is 0 Å². The van der Waals surface area contributed by atoms with E-state index in [1.807, 2.05) is 30.3 Å². The standard InChI is InChI=1S/C8H12N.C5H5.Fe/c1-6-3-4-8(5-9)7(6)2;1-2-4-5-3-1;/h3-4H,5,9H2,1-2H3;1-5H;/q-1;-5;. The van der Waals surface area contributed by atoms with Crippen molar-refractivity contribution in [1.29, 1.82) is 0 Å². The van der Waals surface area contributed by atoms with Crippen LogP contribution in [0.25, 0.3) is 0 Å². The van der Waals surface area contributed by atoms with Gasteiger partial charge in [0.25, 0.3) is 0 Å². The first kappa shape index (κ1) is 14.2. The van der Waals surface area contributed by atoms with Crippen molar-refractivity contribution in [2.45, 2.75) is 20.4 Å². The predicted octanol–water partition coefficient (Wildman–Crippen LogP) is 2.88. The average Bonchev–Trinajstić information content (AvgIpc) is 2.82. The van der Waals surface area contributed by atoms with Crippen LogP contribution in [0, 0.1) is 13.8 Å². The molecule has 2 rings (SSSR count). The maximum atomic E-state index is 5.46. The van der Waals surface area contributed by atoms with Crippen LogP contribution < -0.4 is 5.73 Å². The summed E-state index contributed by atoms with van der Waals surface area (Å²) in [5, 5.41) is 0. The molecule has 0 unspecified atom stereocenters. The second-order valence-corrected chi connectivity index (χ2v) is 3.33. The zero-order valence-electron chi connectivity index (χ0n) is 9.18. The van der Waals surface area contributed by atoms with E-state index < -0.39 is 0 Å². The molecule has 2 aromatic rings. The number of hydrogen-bond acceptors (Lipinski definition) is 1. The number of nitrogens with two attached hydrogens (primary N) is 1. The summed E-state index contributed by atoms with van der Waals surface area (Å²) >= 11 is 0. The van der Waals surface area contributed by atoms with E-state index in [0.717, 1.165) is 0 Å². The molecule has 0 heterocycles. The SMILES string of the molecule is Cc1c(CN)cc[c-]1C.[Fe].[cH-]1[cH-][cH-][cH-][cH-]1. The third kappa shape index (κ3) is 4.48. The Bertz CT molecular complexity index is 329. The summed E-state index contributed by atoms with van der Waals surface area (Å²) < 4.78 is 0. The molecular weight excluding hydrogens is 226 g/mol. The Balaban J connectivity index is 0.000000280. The van der Waals surface area contributed by atoms with Crippen LogP contribution in [-0.2, 0) is 23.6 Å². The van der Waals surface area contributed by atoms with Crippen molar-refractivity contribution in [2.24, 2.45) is 5.73 Å². The Morgan fingerprint density at radius 3 is 1.87 bits per heavy atom. The molecule has 0 aliphatic heterocycles. The maximum absolute atomic E-state index is 5.46. The minimum Gasteiger partial charge on any atom is -0.748 e. The van der Waals surface area contributed by atoms with E-state index in [1.165, 1.54) is 16.7 Å². The van der Waals surface area contributed by atoms with Gasteiger partial charge in [-0.15, -0.1) is 0 Å². The monoisotopic (exact) mass is 243 g/mol. The van der Waals surface area contributed by atoms with Gasteiger partial charge in [0, 0.05) is 17.1 Å². The Morgan fingerprint density at radius 2 is 1.67 bits per heavy atom. The van der Waals surface area contributed by atoms with E-state index in [4.69, 9.17) is 5.73 Å². The summed E-state index contributed by atoms with van der Waals surface area (Å²) in [5.74, 6) is 0. The summed E-state index contributed by atoms with van der Waals surface area (Å²) in [6.45, 7) is 4.88. The smallest absolute Gasteiger partial charge is 0 e. The number of hydrogen-bond donors (Lipinski definition) is 1. The molecule has 0 aliphatic carbocycles. The van der Waals surface area contributed by atoms with E-state index in [-0.39, 0.29) is 17.1 Å². The fraction of sp³-hybridized carbons (Fsp3) is 0.231. The molecule has 0 bridgehead atoms. The molecule has 0 saturated heterocycles. The summed E-state index contributed by atoms with van der Waals surface area (Å²) in [6.07, 6.45) is 0.